The SMILES string of the molecule is C=CCCCOCC(CS)C(C)(C)C. The Morgan fingerprint density at radius 2 is 2.07 bits per heavy atom. The standard InChI is InChI=1S/C12H24OS/c1-5-6-7-8-13-9-11(10-14)12(2,3)4/h5,11,14H,1,6-10H2,2-4H3. The summed E-state index contributed by atoms with van der Waals surface area (Å²) in [6.45, 7) is 12.1. The molecule has 84 valence electrons. The zero-order valence-electron chi connectivity index (χ0n) is 9.75. The lowest BCUT2D eigenvalue weighted by atomic mass is 9.82. The summed E-state index contributed by atoms with van der Waals surface area (Å²) in [5.41, 5.74) is 0.292. The van der Waals surface area contributed by atoms with Crippen LogP contribution in [0.2, 0.25) is 0 Å². The fourth-order valence-corrected chi connectivity index (χ4v) is 1.79. The highest BCUT2D eigenvalue weighted by atomic mass is 32.1. The quantitative estimate of drug-likeness (QED) is 0.389. The second kappa shape index (κ2) is 7.36. The number of rotatable bonds is 7. The summed E-state index contributed by atoms with van der Waals surface area (Å²) >= 11 is 4.36. The second-order valence-electron chi connectivity index (χ2n) is 4.75. The number of allylic oxidation sites excluding steroid dienone is 1. The molecular weight excluding hydrogens is 192 g/mol. The second-order valence-corrected chi connectivity index (χ2v) is 5.12. The molecule has 0 spiro atoms. The van der Waals surface area contributed by atoms with Crippen LogP contribution in [0.5, 0.6) is 0 Å². The summed E-state index contributed by atoms with van der Waals surface area (Å²) in [4.78, 5) is 0. The third-order valence-electron chi connectivity index (χ3n) is 2.46. The topological polar surface area (TPSA) is 9.23 Å². The van der Waals surface area contributed by atoms with Gasteiger partial charge in [0.2, 0.25) is 0 Å². The number of unbranched alkanes of at least 4 members (excludes halogenated alkanes) is 1. The lowest BCUT2D eigenvalue weighted by Crippen LogP contribution is -2.27. The van der Waals surface area contributed by atoms with Gasteiger partial charge in [-0.2, -0.15) is 12.6 Å². The first-order chi connectivity index (χ1) is 6.52. The van der Waals surface area contributed by atoms with Crippen molar-refractivity contribution < 1.29 is 4.74 Å². The summed E-state index contributed by atoms with van der Waals surface area (Å²) in [5, 5.41) is 0. The van der Waals surface area contributed by atoms with Gasteiger partial charge < -0.3 is 4.74 Å². The number of hydrogen-bond donors (Lipinski definition) is 1. The van der Waals surface area contributed by atoms with Crippen molar-refractivity contribution in [3.05, 3.63) is 12.7 Å². The highest BCUT2D eigenvalue weighted by Gasteiger charge is 2.23. The highest BCUT2D eigenvalue weighted by molar-refractivity contribution is 7.80. The van der Waals surface area contributed by atoms with Gasteiger partial charge in [-0.15, -0.1) is 6.58 Å². The first kappa shape index (κ1) is 14.1. The summed E-state index contributed by atoms with van der Waals surface area (Å²) in [7, 11) is 0. The molecule has 0 aliphatic rings. The summed E-state index contributed by atoms with van der Waals surface area (Å²) in [6, 6.07) is 0. The van der Waals surface area contributed by atoms with Crippen molar-refractivity contribution in [1.29, 1.82) is 0 Å². The molecule has 0 aromatic heterocycles. The fraction of sp³-hybridized carbons (Fsp3) is 0.833. The highest BCUT2D eigenvalue weighted by Crippen LogP contribution is 2.26. The van der Waals surface area contributed by atoms with E-state index in [1.807, 2.05) is 6.08 Å². The van der Waals surface area contributed by atoms with Gasteiger partial charge in [0.1, 0.15) is 0 Å². The van der Waals surface area contributed by atoms with Crippen molar-refractivity contribution in [3.8, 4) is 0 Å². The Morgan fingerprint density at radius 3 is 2.50 bits per heavy atom. The van der Waals surface area contributed by atoms with Gasteiger partial charge in [-0.3, -0.25) is 0 Å². The smallest absolute Gasteiger partial charge is 0.0507 e. The first-order valence-corrected chi connectivity index (χ1v) is 5.95. The average Bonchev–Trinajstić information content (AvgIpc) is 2.09. The third kappa shape index (κ3) is 6.50. The zero-order chi connectivity index (χ0) is 11.0. The van der Waals surface area contributed by atoms with Gasteiger partial charge in [0.05, 0.1) is 6.61 Å². The normalized spacial score (nSPS) is 14.0. The molecule has 0 aliphatic carbocycles. The van der Waals surface area contributed by atoms with Crippen LogP contribution in [0.4, 0.5) is 0 Å². The summed E-state index contributed by atoms with van der Waals surface area (Å²) < 4.78 is 5.62. The molecule has 0 saturated carbocycles. The Labute approximate surface area is 94.3 Å². The van der Waals surface area contributed by atoms with Crippen molar-refractivity contribution in [3.63, 3.8) is 0 Å². The van der Waals surface area contributed by atoms with Crippen LogP contribution in [0.15, 0.2) is 12.7 Å². The molecule has 0 bridgehead atoms. The number of thiol groups is 1. The van der Waals surface area contributed by atoms with Crippen LogP contribution < -0.4 is 0 Å². The molecule has 1 nitrogen and oxygen atoms in total. The minimum Gasteiger partial charge on any atom is -0.381 e. The third-order valence-corrected chi connectivity index (χ3v) is 2.90. The predicted octanol–water partition coefficient (Wildman–Crippen LogP) is 3.56. The van der Waals surface area contributed by atoms with Crippen molar-refractivity contribution >= 4 is 12.6 Å². The van der Waals surface area contributed by atoms with E-state index in [1.165, 1.54) is 0 Å². The van der Waals surface area contributed by atoms with Crippen LogP contribution in [-0.4, -0.2) is 19.0 Å². The van der Waals surface area contributed by atoms with Crippen LogP contribution in [0.3, 0.4) is 0 Å². The Morgan fingerprint density at radius 1 is 1.43 bits per heavy atom. The van der Waals surface area contributed by atoms with E-state index in [-0.39, 0.29) is 0 Å². The Kier molecular flexibility index (Phi) is 7.38. The summed E-state index contributed by atoms with van der Waals surface area (Å²) in [6.07, 6.45) is 4.05. The van der Waals surface area contributed by atoms with E-state index in [9.17, 15) is 0 Å². The van der Waals surface area contributed by atoms with Crippen molar-refractivity contribution in [2.75, 3.05) is 19.0 Å². The lowest BCUT2D eigenvalue weighted by molar-refractivity contribution is 0.0653. The van der Waals surface area contributed by atoms with Crippen LogP contribution >= 0.6 is 12.6 Å². The molecule has 0 aromatic carbocycles. The summed E-state index contributed by atoms with van der Waals surface area (Å²) in [5.74, 6) is 1.43. The molecule has 14 heavy (non-hydrogen) atoms. The lowest BCUT2D eigenvalue weighted by Gasteiger charge is -2.29. The van der Waals surface area contributed by atoms with Crippen LogP contribution in [0, 0.1) is 11.3 Å². The van der Waals surface area contributed by atoms with Crippen LogP contribution in [0.1, 0.15) is 33.6 Å². The Bertz CT molecular complexity index is 149. The molecule has 0 aromatic rings. The van der Waals surface area contributed by atoms with E-state index >= 15 is 0 Å². The van der Waals surface area contributed by atoms with Gasteiger partial charge in [-0.05, 0) is 29.9 Å². The molecule has 0 amide bonds. The molecule has 0 radical (unpaired) electrons. The van der Waals surface area contributed by atoms with E-state index in [4.69, 9.17) is 4.74 Å². The van der Waals surface area contributed by atoms with Gasteiger partial charge in [-0.1, -0.05) is 26.8 Å². The minimum atomic E-state index is 0.292. The van der Waals surface area contributed by atoms with E-state index in [2.05, 4.69) is 40.0 Å². The van der Waals surface area contributed by atoms with Gasteiger partial charge in [0.15, 0.2) is 0 Å². The molecule has 2 heteroatoms. The van der Waals surface area contributed by atoms with Gasteiger partial charge in [0, 0.05) is 6.61 Å². The van der Waals surface area contributed by atoms with E-state index in [0.29, 0.717) is 11.3 Å². The largest absolute Gasteiger partial charge is 0.381 e. The molecule has 0 saturated heterocycles. The molecule has 0 aliphatic heterocycles. The molecule has 0 heterocycles. The molecule has 0 rings (SSSR count). The number of ether oxygens (including phenoxy) is 1. The van der Waals surface area contributed by atoms with Gasteiger partial charge in [-0.25, -0.2) is 0 Å². The molecule has 1 unspecified atom stereocenters. The van der Waals surface area contributed by atoms with Gasteiger partial charge >= 0.3 is 0 Å². The van der Waals surface area contributed by atoms with E-state index < -0.39 is 0 Å². The average molecular weight is 216 g/mol. The fourth-order valence-electron chi connectivity index (χ4n) is 1.13. The predicted molar refractivity (Wildman–Crippen MR) is 67.0 cm³/mol. The Hall–Kier alpha value is 0.0500. The maximum atomic E-state index is 5.62. The van der Waals surface area contributed by atoms with Crippen molar-refractivity contribution in [2.45, 2.75) is 33.6 Å². The maximum Gasteiger partial charge on any atom is 0.0507 e. The van der Waals surface area contributed by atoms with E-state index in [1.54, 1.807) is 0 Å². The first-order valence-electron chi connectivity index (χ1n) is 5.32. The Balaban J connectivity index is 3.58. The van der Waals surface area contributed by atoms with Gasteiger partial charge in [0.25, 0.3) is 0 Å². The minimum absolute atomic E-state index is 0.292. The van der Waals surface area contributed by atoms with Crippen molar-refractivity contribution in [1.82, 2.24) is 0 Å². The maximum absolute atomic E-state index is 5.62. The zero-order valence-corrected chi connectivity index (χ0v) is 10.6. The number of hydrogen-bond acceptors (Lipinski definition) is 2. The van der Waals surface area contributed by atoms with Crippen molar-refractivity contribution in [2.24, 2.45) is 11.3 Å². The van der Waals surface area contributed by atoms with Crippen LogP contribution in [-0.2, 0) is 4.74 Å². The van der Waals surface area contributed by atoms with Crippen LogP contribution in [0.25, 0.3) is 0 Å². The molecular formula is C12H24OS. The monoisotopic (exact) mass is 216 g/mol. The van der Waals surface area contributed by atoms with E-state index in [0.717, 1.165) is 31.8 Å². The molecule has 0 N–H and O–H groups in total. The molecule has 0 fully saturated rings. The molecule has 1 atom stereocenters.